The predicted molar refractivity (Wildman–Crippen MR) is 103 cm³/mol. The zero-order chi connectivity index (χ0) is 19.6. The molecule has 0 bridgehead atoms. The van der Waals surface area contributed by atoms with Crippen molar-refractivity contribution >= 4 is 11.4 Å². The highest BCUT2D eigenvalue weighted by atomic mass is 16.6. The molecule has 3 rings (SSSR count). The Bertz CT molecular complexity index is 774. The molecule has 0 amide bonds. The van der Waals surface area contributed by atoms with Gasteiger partial charge in [0, 0.05) is 44.0 Å². The molecule has 1 aliphatic heterocycles. The summed E-state index contributed by atoms with van der Waals surface area (Å²) in [6.07, 6.45) is 0.938. The van der Waals surface area contributed by atoms with Crippen molar-refractivity contribution in [3.05, 3.63) is 40.2 Å². The molecule has 1 saturated heterocycles. The smallest absolute Gasteiger partial charge is 0.269 e. The number of aromatic nitrogens is 4. The van der Waals surface area contributed by atoms with Crippen LogP contribution in [0.3, 0.4) is 0 Å². The third kappa shape index (κ3) is 4.08. The Labute approximate surface area is 159 Å². The maximum Gasteiger partial charge on any atom is 0.269 e. The van der Waals surface area contributed by atoms with E-state index >= 15 is 0 Å². The summed E-state index contributed by atoms with van der Waals surface area (Å²) >= 11 is 0. The molecule has 9 nitrogen and oxygen atoms in total. The predicted octanol–water partition coefficient (Wildman–Crippen LogP) is 2.61. The third-order valence-corrected chi connectivity index (χ3v) is 4.99. The second-order valence-corrected chi connectivity index (χ2v) is 7.84. The number of hydrogen-bond acceptors (Lipinski definition) is 7. The highest BCUT2D eigenvalue weighted by Gasteiger charge is 2.30. The summed E-state index contributed by atoms with van der Waals surface area (Å²) in [7, 11) is 0. The third-order valence-electron chi connectivity index (χ3n) is 4.99. The van der Waals surface area contributed by atoms with Crippen LogP contribution < -0.4 is 4.90 Å². The van der Waals surface area contributed by atoms with Gasteiger partial charge in [-0.1, -0.05) is 6.92 Å². The van der Waals surface area contributed by atoms with Gasteiger partial charge >= 0.3 is 0 Å². The van der Waals surface area contributed by atoms with E-state index in [1.165, 1.54) is 0 Å². The molecule has 0 unspecified atom stereocenters. The van der Waals surface area contributed by atoms with Gasteiger partial charge in [0.05, 0.1) is 16.5 Å². The molecule has 1 aromatic heterocycles. The van der Waals surface area contributed by atoms with Crippen LogP contribution in [0.25, 0.3) is 0 Å². The molecule has 0 N–H and O–H groups in total. The Morgan fingerprint density at radius 2 is 1.78 bits per heavy atom. The SMILES string of the molecule is CC[C@H](c1nnnn1C(C)(C)C)N1CCN(c2ccc([N+](=O)[O-])cc2)CC1. The molecular formula is C18H27N7O2. The molecule has 0 spiro atoms. The number of nitro benzene ring substituents is 1. The summed E-state index contributed by atoms with van der Waals surface area (Å²) in [6.45, 7) is 12.0. The lowest BCUT2D eigenvalue weighted by atomic mass is 10.1. The average Bonchev–Trinajstić information content (AvgIpc) is 3.13. The van der Waals surface area contributed by atoms with Crippen molar-refractivity contribution in [3.63, 3.8) is 0 Å². The van der Waals surface area contributed by atoms with Gasteiger partial charge in [-0.2, -0.15) is 0 Å². The first-order valence-corrected chi connectivity index (χ1v) is 9.33. The second kappa shape index (κ2) is 7.59. The van der Waals surface area contributed by atoms with Gasteiger partial charge < -0.3 is 4.90 Å². The molecule has 1 aromatic carbocycles. The van der Waals surface area contributed by atoms with Crippen molar-refractivity contribution in [2.75, 3.05) is 31.1 Å². The summed E-state index contributed by atoms with van der Waals surface area (Å²) < 4.78 is 1.92. The van der Waals surface area contributed by atoms with Gasteiger partial charge in [-0.15, -0.1) is 5.10 Å². The van der Waals surface area contributed by atoms with Crippen molar-refractivity contribution in [1.82, 2.24) is 25.1 Å². The van der Waals surface area contributed by atoms with E-state index in [9.17, 15) is 10.1 Å². The molecule has 27 heavy (non-hydrogen) atoms. The molecule has 1 fully saturated rings. The van der Waals surface area contributed by atoms with E-state index in [1.807, 2.05) is 16.8 Å². The molecule has 1 aliphatic rings. The van der Waals surface area contributed by atoms with Crippen molar-refractivity contribution < 1.29 is 4.92 Å². The summed E-state index contributed by atoms with van der Waals surface area (Å²) in [4.78, 5) is 15.1. The molecule has 0 aliphatic carbocycles. The van der Waals surface area contributed by atoms with Gasteiger partial charge in [0.1, 0.15) is 0 Å². The Kier molecular flexibility index (Phi) is 5.41. The summed E-state index contributed by atoms with van der Waals surface area (Å²) in [6, 6.07) is 6.96. The minimum Gasteiger partial charge on any atom is -0.369 e. The molecule has 2 aromatic rings. The normalized spacial score (nSPS) is 17.1. The summed E-state index contributed by atoms with van der Waals surface area (Å²) in [5.74, 6) is 0.911. The van der Waals surface area contributed by atoms with Gasteiger partial charge in [0.25, 0.3) is 5.69 Å². The number of anilines is 1. The second-order valence-electron chi connectivity index (χ2n) is 7.84. The number of tetrazole rings is 1. The van der Waals surface area contributed by atoms with Gasteiger partial charge in [0.2, 0.25) is 0 Å². The van der Waals surface area contributed by atoms with Crippen molar-refractivity contribution in [2.24, 2.45) is 0 Å². The molecule has 0 saturated carbocycles. The standard InChI is InChI=1S/C18H27N7O2/c1-5-16(17-19-20-21-24(17)18(2,3)4)23-12-10-22(11-13-23)14-6-8-15(9-7-14)25(26)27/h6-9,16H,5,10-13H2,1-4H3/t16-/m1/s1. The zero-order valence-corrected chi connectivity index (χ0v) is 16.4. The molecule has 9 heteroatoms. The van der Waals surface area contributed by atoms with E-state index in [1.54, 1.807) is 12.1 Å². The van der Waals surface area contributed by atoms with Crippen LogP contribution in [0, 0.1) is 10.1 Å². The van der Waals surface area contributed by atoms with Gasteiger partial charge in [-0.05, 0) is 49.8 Å². The lowest BCUT2D eigenvalue weighted by Gasteiger charge is -2.40. The minimum atomic E-state index is -0.368. The number of rotatable bonds is 5. The first-order valence-electron chi connectivity index (χ1n) is 9.33. The maximum atomic E-state index is 10.8. The van der Waals surface area contributed by atoms with E-state index in [-0.39, 0.29) is 22.2 Å². The molecule has 0 radical (unpaired) electrons. The van der Waals surface area contributed by atoms with Crippen LogP contribution in [0.2, 0.25) is 0 Å². The number of benzene rings is 1. The average molecular weight is 373 g/mol. The highest BCUT2D eigenvalue weighted by Crippen LogP contribution is 2.28. The first-order chi connectivity index (χ1) is 12.8. The lowest BCUT2D eigenvalue weighted by Crippen LogP contribution is -2.48. The van der Waals surface area contributed by atoms with Crippen molar-refractivity contribution in [2.45, 2.75) is 45.7 Å². The lowest BCUT2D eigenvalue weighted by molar-refractivity contribution is -0.384. The van der Waals surface area contributed by atoms with Crippen molar-refractivity contribution in [1.29, 1.82) is 0 Å². The summed E-state index contributed by atoms with van der Waals surface area (Å²) in [5, 5.41) is 23.2. The fourth-order valence-electron chi connectivity index (χ4n) is 3.56. The van der Waals surface area contributed by atoms with Gasteiger partial charge in [-0.25, -0.2) is 4.68 Å². The van der Waals surface area contributed by atoms with E-state index < -0.39 is 0 Å². The number of non-ortho nitro benzene ring substituents is 1. The summed E-state index contributed by atoms with van der Waals surface area (Å²) in [5.41, 5.74) is 0.984. The Morgan fingerprint density at radius 1 is 1.15 bits per heavy atom. The number of nitro groups is 1. The van der Waals surface area contributed by atoms with Crippen LogP contribution in [-0.4, -0.2) is 56.2 Å². The molecule has 2 heterocycles. The van der Waals surface area contributed by atoms with Gasteiger partial charge in [-0.3, -0.25) is 15.0 Å². The quantitative estimate of drug-likeness (QED) is 0.587. The van der Waals surface area contributed by atoms with E-state index in [4.69, 9.17) is 0 Å². The van der Waals surface area contributed by atoms with Gasteiger partial charge in [0.15, 0.2) is 5.82 Å². The molecular weight excluding hydrogens is 346 g/mol. The molecule has 1 atom stereocenters. The number of piperazine rings is 1. The van der Waals surface area contributed by atoms with Crippen LogP contribution in [0.1, 0.15) is 46.0 Å². The topological polar surface area (TPSA) is 93.2 Å². The van der Waals surface area contributed by atoms with Crippen LogP contribution in [-0.2, 0) is 5.54 Å². The van der Waals surface area contributed by atoms with E-state index in [0.717, 1.165) is 44.1 Å². The van der Waals surface area contributed by atoms with Crippen LogP contribution in [0.15, 0.2) is 24.3 Å². The van der Waals surface area contributed by atoms with Crippen LogP contribution in [0.4, 0.5) is 11.4 Å². The monoisotopic (exact) mass is 373 g/mol. The Balaban J connectivity index is 1.69. The highest BCUT2D eigenvalue weighted by molar-refractivity contribution is 5.51. The largest absolute Gasteiger partial charge is 0.369 e. The van der Waals surface area contributed by atoms with Crippen molar-refractivity contribution in [3.8, 4) is 0 Å². The maximum absolute atomic E-state index is 10.8. The Morgan fingerprint density at radius 3 is 2.30 bits per heavy atom. The number of nitrogens with zero attached hydrogens (tertiary/aromatic N) is 7. The Hall–Kier alpha value is -2.55. The van der Waals surface area contributed by atoms with E-state index in [0.29, 0.717) is 0 Å². The fourth-order valence-corrected chi connectivity index (χ4v) is 3.56. The van der Waals surface area contributed by atoms with Crippen LogP contribution >= 0.6 is 0 Å². The number of hydrogen-bond donors (Lipinski definition) is 0. The fraction of sp³-hybridized carbons (Fsp3) is 0.611. The van der Waals surface area contributed by atoms with E-state index in [2.05, 4.69) is 53.0 Å². The van der Waals surface area contributed by atoms with Crippen LogP contribution in [0.5, 0.6) is 0 Å². The minimum absolute atomic E-state index is 0.123. The first kappa shape index (κ1) is 19.2. The molecule has 146 valence electrons. The zero-order valence-electron chi connectivity index (χ0n) is 16.4.